The van der Waals surface area contributed by atoms with Gasteiger partial charge in [-0.05, 0) is 31.8 Å². The fourth-order valence-electron chi connectivity index (χ4n) is 1.84. The van der Waals surface area contributed by atoms with Crippen LogP contribution in [-0.4, -0.2) is 46.1 Å². The monoisotopic (exact) mass is 229 g/mol. The van der Waals surface area contributed by atoms with Crippen LogP contribution in [0.25, 0.3) is 0 Å². The summed E-state index contributed by atoms with van der Waals surface area (Å²) in [5.41, 5.74) is 0. The molecule has 0 bridgehead atoms. The second-order valence-electron chi connectivity index (χ2n) is 4.80. The Hall–Kier alpha value is -0.323. The Kier molecular flexibility index (Phi) is 4.82. The molecule has 1 atom stereocenters. The van der Waals surface area contributed by atoms with Crippen molar-refractivity contribution in [2.24, 2.45) is 0 Å². The van der Waals surface area contributed by atoms with Gasteiger partial charge >= 0.3 is 0 Å². The average Bonchev–Trinajstić information content (AvgIpc) is 2.13. The molecule has 0 aromatic heterocycles. The van der Waals surface area contributed by atoms with Crippen LogP contribution in [0.1, 0.15) is 6.42 Å². The molecule has 0 spiro atoms. The summed E-state index contributed by atoms with van der Waals surface area (Å²) >= 11 is 0. The molecule has 0 N–H and O–H groups in total. The van der Waals surface area contributed by atoms with Gasteiger partial charge in [-0.1, -0.05) is 6.58 Å². The molecule has 0 aliphatic carbocycles. The predicted octanol–water partition coefficient (Wildman–Crippen LogP) is 2.07. The molecule has 1 aliphatic rings. The topological polar surface area (TPSA) is 21.7 Å². The molecule has 0 aromatic carbocycles. The average molecular weight is 229 g/mol. The van der Waals surface area contributed by atoms with E-state index < -0.39 is 8.32 Å². The first-order valence-electron chi connectivity index (χ1n) is 5.62. The van der Waals surface area contributed by atoms with Gasteiger partial charge < -0.3 is 14.1 Å². The molecule has 0 amide bonds. The Balaban J connectivity index is 2.49. The van der Waals surface area contributed by atoms with E-state index >= 15 is 0 Å². The predicted molar refractivity (Wildman–Crippen MR) is 65.4 cm³/mol. The van der Waals surface area contributed by atoms with Gasteiger partial charge in [0, 0.05) is 20.2 Å². The third kappa shape index (κ3) is 4.82. The van der Waals surface area contributed by atoms with Gasteiger partial charge in [0.2, 0.25) is 0 Å². The Labute approximate surface area is 94.2 Å². The largest absolute Gasteiger partial charge is 0.410 e. The molecule has 0 saturated carbocycles. The lowest BCUT2D eigenvalue weighted by Crippen LogP contribution is -2.43. The lowest BCUT2D eigenvalue weighted by Gasteiger charge is -2.33. The summed E-state index contributed by atoms with van der Waals surface area (Å²) in [4.78, 5) is 2.06. The molecule has 0 aromatic rings. The van der Waals surface area contributed by atoms with Crippen molar-refractivity contribution in [2.75, 3.05) is 26.8 Å². The van der Waals surface area contributed by atoms with Crippen molar-refractivity contribution in [1.29, 1.82) is 0 Å². The number of ether oxygens (including phenoxy) is 1. The van der Waals surface area contributed by atoms with E-state index in [0.717, 1.165) is 19.6 Å². The summed E-state index contributed by atoms with van der Waals surface area (Å²) in [5, 5.41) is 0. The smallest absolute Gasteiger partial charge is 0.187 e. The summed E-state index contributed by atoms with van der Waals surface area (Å²) in [5.74, 6) is 0. The van der Waals surface area contributed by atoms with Crippen molar-refractivity contribution < 1.29 is 9.16 Å². The summed E-state index contributed by atoms with van der Waals surface area (Å²) < 4.78 is 11.7. The van der Waals surface area contributed by atoms with Gasteiger partial charge in [-0.25, -0.2) is 0 Å². The molecule has 1 saturated heterocycles. The highest BCUT2D eigenvalue weighted by atomic mass is 28.4. The maximum Gasteiger partial charge on any atom is 0.187 e. The van der Waals surface area contributed by atoms with Gasteiger partial charge in [0.15, 0.2) is 8.32 Å². The molecule has 4 heteroatoms. The third-order valence-corrected chi connectivity index (χ3v) is 5.19. The Bertz CT molecular complexity index is 209. The quantitative estimate of drug-likeness (QED) is 0.692. The van der Waals surface area contributed by atoms with Crippen molar-refractivity contribution in [3.63, 3.8) is 0 Å². The van der Waals surface area contributed by atoms with Gasteiger partial charge in [0.05, 0.1) is 12.7 Å². The van der Waals surface area contributed by atoms with Crippen molar-refractivity contribution in [1.82, 2.24) is 4.90 Å². The zero-order valence-electron chi connectivity index (χ0n) is 10.2. The van der Waals surface area contributed by atoms with Crippen molar-refractivity contribution >= 4 is 8.32 Å². The van der Waals surface area contributed by atoms with E-state index in [1.54, 1.807) is 0 Å². The first kappa shape index (κ1) is 12.7. The minimum absolute atomic E-state index is 0.204. The van der Waals surface area contributed by atoms with E-state index in [-0.39, 0.29) is 6.10 Å². The third-order valence-electron chi connectivity index (χ3n) is 2.66. The summed E-state index contributed by atoms with van der Waals surface area (Å²) in [6.45, 7) is 10.8. The van der Waals surface area contributed by atoms with E-state index in [1.807, 2.05) is 13.2 Å². The molecule has 3 nitrogen and oxygen atoms in total. The lowest BCUT2D eigenvalue weighted by atomic mass is 10.3. The van der Waals surface area contributed by atoms with Gasteiger partial charge in [-0.2, -0.15) is 0 Å². The second-order valence-corrected chi connectivity index (χ2v) is 9.06. The molecule has 1 rings (SSSR count). The summed E-state index contributed by atoms with van der Waals surface area (Å²) in [6, 6.07) is 1.20. The van der Waals surface area contributed by atoms with Crippen LogP contribution >= 0.6 is 0 Å². The van der Waals surface area contributed by atoms with Gasteiger partial charge in [-0.3, -0.25) is 0 Å². The van der Waals surface area contributed by atoms with Crippen molar-refractivity contribution in [3.8, 4) is 0 Å². The van der Waals surface area contributed by atoms with Crippen LogP contribution in [0.2, 0.25) is 19.1 Å². The minimum atomic E-state index is -1.46. The van der Waals surface area contributed by atoms with Crippen LogP contribution < -0.4 is 0 Å². The summed E-state index contributed by atoms with van der Waals surface area (Å²) in [6.07, 6.45) is 3.18. The highest BCUT2D eigenvalue weighted by molar-refractivity contribution is 6.71. The summed E-state index contributed by atoms with van der Waals surface area (Å²) in [7, 11) is 0.561. The molecular weight excluding hydrogens is 206 g/mol. The van der Waals surface area contributed by atoms with Gasteiger partial charge in [0.1, 0.15) is 0 Å². The number of nitrogens with zero attached hydrogens (tertiary/aromatic N) is 1. The van der Waals surface area contributed by atoms with E-state index in [4.69, 9.17) is 9.16 Å². The normalized spacial score (nSPS) is 26.5. The number of likely N-dealkylation sites (N-methyl/N-ethyl adjacent to an activating group) is 1. The maximum atomic E-state index is 6.18. The van der Waals surface area contributed by atoms with E-state index in [2.05, 4.69) is 24.6 Å². The first-order chi connectivity index (χ1) is 7.03. The molecule has 1 fully saturated rings. The zero-order valence-corrected chi connectivity index (χ0v) is 11.2. The van der Waals surface area contributed by atoms with E-state index in [1.165, 1.54) is 6.04 Å². The molecule has 15 heavy (non-hydrogen) atoms. The highest BCUT2D eigenvalue weighted by Crippen LogP contribution is 2.19. The minimum Gasteiger partial charge on any atom is -0.410 e. The van der Waals surface area contributed by atoms with Crippen LogP contribution in [0.3, 0.4) is 0 Å². The van der Waals surface area contributed by atoms with Crippen molar-refractivity contribution in [2.45, 2.75) is 31.7 Å². The van der Waals surface area contributed by atoms with Crippen LogP contribution in [-0.2, 0) is 9.16 Å². The lowest BCUT2D eigenvalue weighted by molar-refractivity contribution is 0.0263. The number of rotatable bonds is 3. The standard InChI is InChI=1S/C11H23NO2Si/c1-5-12(2)9-11-10-13-7-6-8-15(3,4)14-11/h5,11H,1,6-10H2,2-4H3. The molecule has 1 heterocycles. The van der Waals surface area contributed by atoms with Gasteiger partial charge in [0.25, 0.3) is 0 Å². The van der Waals surface area contributed by atoms with Crippen LogP contribution in [0.15, 0.2) is 12.8 Å². The number of hydrogen-bond donors (Lipinski definition) is 0. The molecule has 88 valence electrons. The van der Waals surface area contributed by atoms with E-state index in [0.29, 0.717) is 6.61 Å². The number of hydrogen-bond acceptors (Lipinski definition) is 3. The van der Waals surface area contributed by atoms with Crippen LogP contribution in [0.5, 0.6) is 0 Å². The Morgan fingerprint density at radius 1 is 1.53 bits per heavy atom. The first-order valence-corrected chi connectivity index (χ1v) is 8.73. The molecular formula is C11H23NO2Si. The van der Waals surface area contributed by atoms with Crippen molar-refractivity contribution in [3.05, 3.63) is 12.8 Å². The van der Waals surface area contributed by atoms with E-state index in [9.17, 15) is 0 Å². The Morgan fingerprint density at radius 2 is 2.27 bits per heavy atom. The maximum absolute atomic E-state index is 6.18. The second kappa shape index (κ2) is 5.68. The molecule has 1 aliphatic heterocycles. The fourth-order valence-corrected chi connectivity index (χ4v) is 4.00. The van der Waals surface area contributed by atoms with Crippen LogP contribution in [0, 0.1) is 0 Å². The SMILES string of the molecule is C=CN(C)CC1COCCC[Si](C)(C)O1. The molecule has 0 radical (unpaired) electrons. The van der Waals surface area contributed by atoms with Crippen LogP contribution in [0.4, 0.5) is 0 Å². The zero-order chi connectivity index (χ0) is 11.3. The fraction of sp³-hybridized carbons (Fsp3) is 0.818. The molecule has 1 unspecified atom stereocenters. The van der Waals surface area contributed by atoms with Gasteiger partial charge in [-0.15, -0.1) is 0 Å². The highest BCUT2D eigenvalue weighted by Gasteiger charge is 2.28. The Morgan fingerprint density at radius 3 is 2.93 bits per heavy atom.